The fourth-order valence-electron chi connectivity index (χ4n) is 3.38. The van der Waals surface area contributed by atoms with E-state index >= 15 is 0 Å². The van der Waals surface area contributed by atoms with Crippen molar-refractivity contribution in [1.29, 1.82) is 0 Å². The van der Waals surface area contributed by atoms with E-state index in [1.165, 1.54) is 51.4 Å². The molecular weight excluding hydrogens is 248 g/mol. The number of carbonyl (C=O) groups excluding carboxylic acids is 1. The molecule has 0 radical (unpaired) electrons. The maximum absolute atomic E-state index is 12.0. The second-order valence-corrected chi connectivity index (χ2v) is 6.53. The zero-order valence-electron chi connectivity index (χ0n) is 13.5. The van der Waals surface area contributed by atoms with Gasteiger partial charge in [-0.2, -0.15) is 0 Å². The van der Waals surface area contributed by atoms with E-state index in [1.54, 1.807) is 0 Å². The summed E-state index contributed by atoms with van der Waals surface area (Å²) in [4.78, 5) is 12.0. The Morgan fingerprint density at radius 1 is 1.20 bits per heavy atom. The third kappa shape index (κ3) is 6.74. The highest BCUT2D eigenvalue weighted by molar-refractivity contribution is 5.81. The van der Waals surface area contributed by atoms with Crippen molar-refractivity contribution in [1.82, 2.24) is 5.32 Å². The maximum Gasteiger partial charge on any atom is 0.236 e. The topological polar surface area (TPSA) is 55.1 Å². The van der Waals surface area contributed by atoms with Crippen LogP contribution in [0, 0.1) is 11.8 Å². The highest BCUT2D eigenvalue weighted by atomic mass is 16.2. The molecule has 0 aromatic rings. The number of amides is 1. The first-order chi connectivity index (χ1) is 9.67. The molecule has 1 saturated carbocycles. The average Bonchev–Trinajstić information content (AvgIpc) is 2.45. The quantitative estimate of drug-likeness (QED) is 0.635. The summed E-state index contributed by atoms with van der Waals surface area (Å²) < 4.78 is 0. The van der Waals surface area contributed by atoms with Gasteiger partial charge in [0.2, 0.25) is 5.91 Å². The summed E-state index contributed by atoms with van der Waals surface area (Å²) in [5.74, 6) is 1.61. The molecular formula is C17H34N2O. The first-order valence-corrected chi connectivity index (χ1v) is 8.70. The Morgan fingerprint density at radius 2 is 1.95 bits per heavy atom. The molecule has 1 aliphatic rings. The predicted molar refractivity (Wildman–Crippen MR) is 85.5 cm³/mol. The lowest BCUT2D eigenvalue weighted by atomic mass is 9.79. The Bertz CT molecular complexity index is 266. The standard InChI is InChI=1S/C17H34N2O/c1-3-5-6-11-16(18)17(20)19-13-15-10-7-9-14(12-15)8-4-2/h14-16H,3-13,18H2,1-2H3,(H,19,20)/t14?,15?,16-/m0/s1. The molecule has 1 fully saturated rings. The van der Waals surface area contributed by atoms with E-state index in [2.05, 4.69) is 19.2 Å². The molecule has 20 heavy (non-hydrogen) atoms. The summed E-state index contributed by atoms with van der Waals surface area (Å²) in [7, 11) is 0. The normalized spacial score (nSPS) is 24.4. The van der Waals surface area contributed by atoms with E-state index in [1.807, 2.05) is 0 Å². The Morgan fingerprint density at radius 3 is 2.65 bits per heavy atom. The molecule has 3 nitrogen and oxygen atoms in total. The molecule has 0 aromatic carbocycles. The summed E-state index contributed by atoms with van der Waals surface area (Å²) in [6.07, 6.45) is 12.1. The van der Waals surface area contributed by atoms with E-state index in [0.717, 1.165) is 25.3 Å². The van der Waals surface area contributed by atoms with Crippen LogP contribution in [0.25, 0.3) is 0 Å². The first-order valence-electron chi connectivity index (χ1n) is 8.70. The van der Waals surface area contributed by atoms with E-state index < -0.39 is 0 Å². The van der Waals surface area contributed by atoms with Crippen LogP contribution in [0.15, 0.2) is 0 Å². The van der Waals surface area contributed by atoms with Gasteiger partial charge in [-0.3, -0.25) is 4.79 Å². The number of nitrogens with two attached hydrogens (primary N) is 1. The molecule has 3 heteroatoms. The fraction of sp³-hybridized carbons (Fsp3) is 0.941. The van der Waals surface area contributed by atoms with Crippen molar-refractivity contribution in [2.75, 3.05) is 6.54 Å². The van der Waals surface area contributed by atoms with E-state index in [-0.39, 0.29) is 11.9 Å². The molecule has 1 aliphatic carbocycles. The molecule has 0 aromatic heterocycles. The van der Waals surface area contributed by atoms with Crippen LogP contribution in [0.1, 0.15) is 78.1 Å². The van der Waals surface area contributed by atoms with Crippen molar-refractivity contribution in [2.24, 2.45) is 17.6 Å². The third-order valence-electron chi connectivity index (χ3n) is 4.61. The summed E-state index contributed by atoms with van der Waals surface area (Å²) in [5.41, 5.74) is 5.94. The average molecular weight is 282 g/mol. The van der Waals surface area contributed by atoms with Crippen LogP contribution >= 0.6 is 0 Å². The molecule has 0 bridgehead atoms. The summed E-state index contributed by atoms with van der Waals surface area (Å²) in [5, 5.41) is 3.08. The van der Waals surface area contributed by atoms with Gasteiger partial charge in [0.15, 0.2) is 0 Å². The largest absolute Gasteiger partial charge is 0.354 e. The lowest BCUT2D eigenvalue weighted by molar-refractivity contribution is -0.122. The Balaban J connectivity index is 2.19. The third-order valence-corrected chi connectivity index (χ3v) is 4.61. The number of unbranched alkanes of at least 4 members (excludes halogenated alkanes) is 2. The van der Waals surface area contributed by atoms with Gasteiger partial charge in [0.25, 0.3) is 0 Å². The molecule has 118 valence electrons. The van der Waals surface area contributed by atoms with Crippen molar-refractivity contribution in [2.45, 2.75) is 84.1 Å². The molecule has 0 saturated heterocycles. The Hall–Kier alpha value is -0.570. The minimum atomic E-state index is -0.309. The van der Waals surface area contributed by atoms with E-state index in [4.69, 9.17) is 5.73 Å². The van der Waals surface area contributed by atoms with Crippen LogP contribution in [0.3, 0.4) is 0 Å². The minimum absolute atomic E-state index is 0.0544. The Labute approximate surface area is 125 Å². The number of nitrogens with one attached hydrogen (secondary N) is 1. The summed E-state index contributed by atoms with van der Waals surface area (Å²) >= 11 is 0. The number of hydrogen-bond acceptors (Lipinski definition) is 2. The van der Waals surface area contributed by atoms with Gasteiger partial charge in [-0.25, -0.2) is 0 Å². The zero-order valence-corrected chi connectivity index (χ0v) is 13.5. The fourth-order valence-corrected chi connectivity index (χ4v) is 3.38. The van der Waals surface area contributed by atoms with Crippen LogP contribution < -0.4 is 11.1 Å². The van der Waals surface area contributed by atoms with Crippen molar-refractivity contribution in [3.63, 3.8) is 0 Å². The van der Waals surface area contributed by atoms with Gasteiger partial charge in [0, 0.05) is 6.54 Å². The van der Waals surface area contributed by atoms with Crippen LogP contribution in [-0.2, 0) is 4.79 Å². The second kappa shape index (κ2) is 10.2. The molecule has 1 amide bonds. The van der Waals surface area contributed by atoms with E-state index in [9.17, 15) is 4.79 Å². The molecule has 2 unspecified atom stereocenters. The van der Waals surface area contributed by atoms with Gasteiger partial charge in [0.05, 0.1) is 6.04 Å². The van der Waals surface area contributed by atoms with Crippen molar-refractivity contribution in [3.05, 3.63) is 0 Å². The highest BCUT2D eigenvalue weighted by Gasteiger charge is 2.22. The van der Waals surface area contributed by atoms with Crippen LogP contribution in [-0.4, -0.2) is 18.5 Å². The molecule has 0 heterocycles. The molecule has 1 rings (SSSR count). The lowest BCUT2D eigenvalue weighted by Crippen LogP contribution is -2.42. The smallest absolute Gasteiger partial charge is 0.236 e. The van der Waals surface area contributed by atoms with Crippen molar-refractivity contribution >= 4 is 5.91 Å². The van der Waals surface area contributed by atoms with Gasteiger partial charge in [0.1, 0.15) is 0 Å². The van der Waals surface area contributed by atoms with Crippen molar-refractivity contribution in [3.8, 4) is 0 Å². The molecule has 3 N–H and O–H groups in total. The van der Waals surface area contributed by atoms with Gasteiger partial charge in [-0.1, -0.05) is 58.8 Å². The summed E-state index contributed by atoms with van der Waals surface area (Å²) in [6, 6.07) is -0.309. The molecule has 3 atom stereocenters. The highest BCUT2D eigenvalue weighted by Crippen LogP contribution is 2.31. The lowest BCUT2D eigenvalue weighted by Gasteiger charge is -2.29. The Kier molecular flexibility index (Phi) is 8.92. The number of carbonyl (C=O) groups is 1. The van der Waals surface area contributed by atoms with Gasteiger partial charge in [-0.15, -0.1) is 0 Å². The monoisotopic (exact) mass is 282 g/mol. The van der Waals surface area contributed by atoms with Crippen LogP contribution in [0.4, 0.5) is 0 Å². The maximum atomic E-state index is 12.0. The van der Waals surface area contributed by atoms with Gasteiger partial charge >= 0.3 is 0 Å². The second-order valence-electron chi connectivity index (χ2n) is 6.53. The molecule has 0 spiro atoms. The summed E-state index contributed by atoms with van der Waals surface area (Å²) in [6.45, 7) is 5.27. The van der Waals surface area contributed by atoms with Crippen LogP contribution in [0.2, 0.25) is 0 Å². The van der Waals surface area contributed by atoms with Gasteiger partial charge < -0.3 is 11.1 Å². The molecule has 0 aliphatic heterocycles. The number of rotatable bonds is 9. The van der Waals surface area contributed by atoms with E-state index in [0.29, 0.717) is 5.92 Å². The van der Waals surface area contributed by atoms with Crippen molar-refractivity contribution < 1.29 is 4.79 Å². The van der Waals surface area contributed by atoms with Crippen LogP contribution in [0.5, 0.6) is 0 Å². The minimum Gasteiger partial charge on any atom is -0.354 e. The zero-order chi connectivity index (χ0) is 14.8. The SMILES string of the molecule is CCCCC[C@H](N)C(=O)NCC1CCCC(CCC)C1. The van der Waals surface area contributed by atoms with Gasteiger partial charge in [-0.05, 0) is 31.1 Å². The number of hydrogen-bond donors (Lipinski definition) is 2. The first kappa shape index (κ1) is 17.5. The predicted octanol–water partition coefficient (Wildman–Crippen LogP) is 3.62.